The van der Waals surface area contributed by atoms with E-state index in [4.69, 9.17) is 4.74 Å². The molecule has 168 valence electrons. The Labute approximate surface area is 185 Å². The van der Waals surface area contributed by atoms with Gasteiger partial charge in [0.05, 0.1) is 23.6 Å². The summed E-state index contributed by atoms with van der Waals surface area (Å²) >= 11 is 0. The molecule has 1 aliphatic rings. The Balaban J connectivity index is 2.10. The van der Waals surface area contributed by atoms with Gasteiger partial charge in [0.15, 0.2) is 0 Å². The molecule has 2 aromatic carbocycles. The molecule has 0 radical (unpaired) electrons. The van der Waals surface area contributed by atoms with Gasteiger partial charge in [-0.3, -0.25) is 19.7 Å². The van der Waals surface area contributed by atoms with Gasteiger partial charge >= 0.3 is 0 Å². The van der Waals surface area contributed by atoms with Crippen LogP contribution in [0.1, 0.15) is 23.6 Å². The maximum Gasteiger partial charge on any atom is 0.295 e. The number of hydrogen-bond donors (Lipinski definition) is 1. The van der Waals surface area contributed by atoms with E-state index in [0.29, 0.717) is 36.4 Å². The summed E-state index contributed by atoms with van der Waals surface area (Å²) in [6.07, 6.45) is 0.614. The summed E-state index contributed by atoms with van der Waals surface area (Å²) in [7, 11) is 5.30. The molecule has 3 rings (SSSR count). The van der Waals surface area contributed by atoms with Crippen molar-refractivity contribution in [3.63, 3.8) is 0 Å². The molecule has 1 amide bonds. The number of ether oxygens (including phenoxy) is 1. The third-order valence-electron chi connectivity index (χ3n) is 5.31. The number of likely N-dealkylation sites (tertiary alicyclic amines) is 1. The molecule has 2 aromatic rings. The van der Waals surface area contributed by atoms with Crippen LogP contribution in [0.3, 0.4) is 0 Å². The number of Topliss-reactive ketones (excluding diaryl/α,β-unsaturated/α-hetero) is 1. The average molecular weight is 439 g/mol. The van der Waals surface area contributed by atoms with E-state index in [-0.39, 0.29) is 17.0 Å². The van der Waals surface area contributed by atoms with Crippen LogP contribution >= 0.6 is 0 Å². The number of nitro benzene ring substituents is 1. The molecular weight excluding hydrogens is 414 g/mol. The molecule has 0 unspecified atom stereocenters. The fourth-order valence-corrected chi connectivity index (χ4v) is 3.72. The number of amides is 1. The van der Waals surface area contributed by atoms with Crippen LogP contribution in [0, 0.1) is 10.1 Å². The number of aliphatic hydroxyl groups is 1. The Hall–Kier alpha value is -3.72. The standard InChI is InChI=1S/C23H25N3O6/c1-24(2)12-5-13-25-20(15-8-10-17(11-9-15)26(30)31)19(22(28)23(25)29)21(27)16-6-4-7-18(14-16)32-3/h4,6-11,14,20,27H,5,12-13H2,1-3H3/t20-/m1/s1. The van der Waals surface area contributed by atoms with Crippen molar-refractivity contribution in [1.82, 2.24) is 9.80 Å². The summed E-state index contributed by atoms with van der Waals surface area (Å²) in [5.74, 6) is -1.34. The van der Waals surface area contributed by atoms with Crippen LogP contribution in [-0.4, -0.2) is 65.8 Å². The third-order valence-corrected chi connectivity index (χ3v) is 5.31. The van der Waals surface area contributed by atoms with E-state index in [1.54, 1.807) is 24.3 Å². The molecule has 1 fully saturated rings. The van der Waals surface area contributed by atoms with Crippen LogP contribution in [0.15, 0.2) is 54.1 Å². The van der Waals surface area contributed by atoms with Gasteiger partial charge in [-0.05, 0) is 56.9 Å². The topological polar surface area (TPSA) is 113 Å². The number of nitro groups is 1. The van der Waals surface area contributed by atoms with E-state index in [1.165, 1.54) is 36.3 Å². The Morgan fingerprint density at radius 3 is 2.47 bits per heavy atom. The molecule has 1 atom stereocenters. The lowest BCUT2D eigenvalue weighted by molar-refractivity contribution is -0.384. The number of aliphatic hydroxyl groups excluding tert-OH is 1. The lowest BCUT2D eigenvalue weighted by atomic mass is 9.95. The van der Waals surface area contributed by atoms with Gasteiger partial charge in [-0.2, -0.15) is 0 Å². The molecule has 0 spiro atoms. The number of ketones is 1. The molecule has 1 heterocycles. The van der Waals surface area contributed by atoms with Gasteiger partial charge in [0.25, 0.3) is 17.4 Å². The predicted molar refractivity (Wildman–Crippen MR) is 118 cm³/mol. The maximum atomic E-state index is 13.0. The summed E-state index contributed by atoms with van der Waals surface area (Å²) in [5.41, 5.74) is 0.680. The molecule has 0 saturated carbocycles. The van der Waals surface area contributed by atoms with Crippen molar-refractivity contribution < 1.29 is 24.4 Å². The second-order valence-electron chi connectivity index (χ2n) is 7.73. The number of hydrogen-bond acceptors (Lipinski definition) is 7. The lowest BCUT2D eigenvalue weighted by Crippen LogP contribution is -2.32. The molecule has 9 heteroatoms. The zero-order chi connectivity index (χ0) is 23.4. The van der Waals surface area contributed by atoms with E-state index in [2.05, 4.69) is 0 Å². The first kappa shape index (κ1) is 23.0. The molecule has 9 nitrogen and oxygen atoms in total. The first-order valence-corrected chi connectivity index (χ1v) is 10.1. The molecule has 1 N–H and O–H groups in total. The van der Waals surface area contributed by atoms with Crippen LogP contribution in [-0.2, 0) is 9.59 Å². The minimum atomic E-state index is -0.857. The fourth-order valence-electron chi connectivity index (χ4n) is 3.72. The minimum Gasteiger partial charge on any atom is -0.507 e. The monoisotopic (exact) mass is 439 g/mol. The van der Waals surface area contributed by atoms with Crippen molar-refractivity contribution >= 4 is 23.1 Å². The molecular formula is C23H25N3O6. The second-order valence-corrected chi connectivity index (χ2v) is 7.73. The minimum absolute atomic E-state index is 0.0537. The highest BCUT2D eigenvalue weighted by Gasteiger charge is 2.45. The van der Waals surface area contributed by atoms with Gasteiger partial charge in [0.1, 0.15) is 11.5 Å². The van der Waals surface area contributed by atoms with Crippen molar-refractivity contribution in [1.29, 1.82) is 0 Å². The van der Waals surface area contributed by atoms with Crippen molar-refractivity contribution in [2.24, 2.45) is 0 Å². The van der Waals surface area contributed by atoms with Crippen LogP contribution in [0.2, 0.25) is 0 Å². The third kappa shape index (κ3) is 4.62. The van der Waals surface area contributed by atoms with Crippen molar-refractivity contribution in [2.75, 3.05) is 34.3 Å². The van der Waals surface area contributed by atoms with Gasteiger partial charge in [-0.15, -0.1) is 0 Å². The highest BCUT2D eigenvalue weighted by atomic mass is 16.6. The van der Waals surface area contributed by atoms with E-state index >= 15 is 0 Å². The van der Waals surface area contributed by atoms with Gasteiger partial charge < -0.3 is 19.6 Å². The van der Waals surface area contributed by atoms with Crippen LogP contribution < -0.4 is 4.74 Å². The van der Waals surface area contributed by atoms with E-state index in [0.717, 1.165) is 0 Å². The van der Waals surface area contributed by atoms with Crippen molar-refractivity contribution in [3.8, 4) is 5.75 Å². The summed E-state index contributed by atoms with van der Waals surface area (Å²) < 4.78 is 5.19. The molecule has 0 aromatic heterocycles. The van der Waals surface area contributed by atoms with Crippen LogP contribution in [0.5, 0.6) is 5.75 Å². The zero-order valence-corrected chi connectivity index (χ0v) is 18.1. The summed E-state index contributed by atoms with van der Waals surface area (Å²) in [5, 5.41) is 22.1. The highest BCUT2D eigenvalue weighted by molar-refractivity contribution is 6.46. The fraction of sp³-hybridized carbons (Fsp3) is 0.304. The van der Waals surface area contributed by atoms with Crippen LogP contribution in [0.4, 0.5) is 5.69 Å². The van der Waals surface area contributed by atoms with E-state index < -0.39 is 22.7 Å². The second kappa shape index (κ2) is 9.61. The Kier molecular flexibility index (Phi) is 6.89. The van der Waals surface area contributed by atoms with Crippen molar-refractivity contribution in [2.45, 2.75) is 12.5 Å². The molecule has 1 saturated heterocycles. The number of non-ortho nitro benzene ring substituents is 1. The molecule has 1 aliphatic heterocycles. The summed E-state index contributed by atoms with van der Waals surface area (Å²) in [6, 6.07) is 11.3. The number of carbonyl (C=O) groups excluding carboxylic acids is 2. The normalized spacial score (nSPS) is 17.8. The Bertz CT molecular complexity index is 1060. The molecule has 32 heavy (non-hydrogen) atoms. The van der Waals surface area contributed by atoms with Crippen molar-refractivity contribution in [3.05, 3.63) is 75.3 Å². The number of carbonyl (C=O) groups is 2. The largest absolute Gasteiger partial charge is 0.507 e. The van der Waals surface area contributed by atoms with Gasteiger partial charge in [-0.1, -0.05) is 12.1 Å². The Morgan fingerprint density at radius 1 is 1.19 bits per heavy atom. The van der Waals surface area contributed by atoms with Gasteiger partial charge in [0, 0.05) is 24.2 Å². The first-order chi connectivity index (χ1) is 15.2. The van der Waals surface area contributed by atoms with Crippen LogP contribution in [0.25, 0.3) is 5.76 Å². The number of benzene rings is 2. The summed E-state index contributed by atoms with van der Waals surface area (Å²) in [6.45, 7) is 0.991. The maximum absolute atomic E-state index is 13.0. The molecule has 0 aliphatic carbocycles. The van der Waals surface area contributed by atoms with Gasteiger partial charge in [-0.25, -0.2) is 0 Å². The SMILES string of the molecule is COc1cccc(C(O)=C2C(=O)C(=O)N(CCCN(C)C)[C@@H]2c2ccc([N+](=O)[O-])cc2)c1. The Morgan fingerprint density at radius 2 is 1.88 bits per heavy atom. The quantitative estimate of drug-likeness (QED) is 0.221. The highest BCUT2D eigenvalue weighted by Crippen LogP contribution is 2.40. The van der Waals surface area contributed by atoms with E-state index in [9.17, 15) is 24.8 Å². The average Bonchev–Trinajstić information content (AvgIpc) is 3.03. The zero-order valence-electron chi connectivity index (χ0n) is 18.1. The molecule has 0 bridgehead atoms. The number of nitrogens with zero attached hydrogens (tertiary/aromatic N) is 3. The van der Waals surface area contributed by atoms with Gasteiger partial charge in [0.2, 0.25) is 0 Å². The first-order valence-electron chi connectivity index (χ1n) is 10.1. The van der Waals surface area contributed by atoms with E-state index in [1.807, 2.05) is 19.0 Å². The number of rotatable bonds is 8. The predicted octanol–water partition coefficient (Wildman–Crippen LogP) is 2.98. The smallest absolute Gasteiger partial charge is 0.295 e. The summed E-state index contributed by atoms with van der Waals surface area (Å²) in [4.78, 5) is 39.8. The lowest BCUT2D eigenvalue weighted by Gasteiger charge is -2.26. The number of methoxy groups -OCH3 is 1.